The van der Waals surface area contributed by atoms with E-state index in [4.69, 9.17) is 16.3 Å². The van der Waals surface area contributed by atoms with Gasteiger partial charge in [-0.25, -0.2) is 4.39 Å². The van der Waals surface area contributed by atoms with Gasteiger partial charge < -0.3 is 10.1 Å². The summed E-state index contributed by atoms with van der Waals surface area (Å²) in [7, 11) is 0. The first kappa shape index (κ1) is 17.7. The number of halogens is 2. The molecule has 138 valence electrons. The van der Waals surface area contributed by atoms with E-state index in [1.807, 2.05) is 0 Å². The fourth-order valence-corrected chi connectivity index (χ4v) is 3.33. The minimum Gasteiger partial charge on any atom is -0.376 e. The first-order valence-electron chi connectivity index (χ1n) is 8.58. The van der Waals surface area contributed by atoms with Gasteiger partial charge in [-0.15, -0.1) is 0 Å². The van der Waals surface area contributed by atoms with E-state index >= 15 is 0 Å². The summed E-state index contributed by atoms with van der Waals surface area (Å²) in [5.41, 5.74) is 3.62. The molecule has 7 heteroatoms. The van der Waals surface area contributed by atoms with Gasteiger partial charge in [-0.2, -0.15) is 5.10 Å². The molecule has 5 nitrogen and oxygen atoms in total. The van der Waals surface area contributed by atoms with Crippen molar-refractivity contribution in [2.24, 2.45) is 0 Å². The van der Waals surface area contributed by atoms with Gasteiger partial charge in [0.05, 0.1) is 19.8 Å². The Balaban J connectivity index is 1.63. The van der Waals surface area contributed by atoms with Gasteiger partial charge in [0.25, 0.3) is 5.91 Å². The van der Waals surface area contributed by atoms with Gasteiger partial charge >= 0.3 is 0 Å². The zero-order chi connectivity index (χ0) is 18.8. The highest BCUT2D eigenvalue weighted by Crippen LogP contribution is 2.23. The third-order valence-corrected chi connectivity index (χ3v) is 4.67. The molecular weight excluding hydrogens is 369 g/mol. The Kier molecular flexibility index (Phi) is 4.92. The smallest absolute Gasteiger partial charge is 0.276 e. The molecule has 1 amide bonds. The SMILES string of the molecule is O=C(Nc1cccc(Cl)c1)c1nn(Cc2ccc(F)cc2)c2c1COCC2. The third kappa shape index (κ3) is 3.86. The lowest BCUT2D eigenvalue weighted by Gasteiger charge is -2.15. The molecule has 2 aromatic carbocycles. The molecular formula is C20H17ClFN3O2. The minimum atomic E-state index is -0.308. The van der Waals surface area contributed by atoms with Crippen LogP contribution in [-0.2, 0) is 24.3 Å². The Hall–Kier alpha value is -2.70. The molecule has 3 aromatic rings. The molecule has 0 saturated heterocycles. The Morgan fingerprint density at radius 2 is 2.07 bits per heavy atom. The molecule has 0 radical (unpaired) electrons. The number of ether oxygens (including phenoxy) is 1. The van der Waals surface area contributed by atoms with Crippen LogP contribution in [0.1, 0.15) is 27.3 Å². The molecule has 0 spiro atoms. The van der Waals surface area contributed by atoms with Crippen LogP contribution >= 0.6 is 11.6 Å². The average molecular weight is 386 g/mol. The molecule has 1 aromatic heterocycles. The van der Waals surface area contributed by atoms with Crippen molar-refractivity contribution in [3.63, 3.8) is 0 Å². The number of aromatic nitrogens is 2. The number of carbonyl (C=O) groups excluding carboxylic acids is 1. The maximum atomic E-state index is 13.1. The number of hydrogen-bond acceptors (Lipinski definition) is 3. The molecule has 1 N–H and O–H groups in total. The predicted molar refractivity (Wildman–Crippen MR) is 100 cm³/mol. The number of amides is 1. The van der Waals surface area contributed by atoms with E-state index in [0.29, 0.717) is 42.6 Å². The quantitative estimate of drug-likeness (QED) is 0.737. The van der Waals surface area contributed by atoms with Gasteiger partial charge in [0, 0.05) is 28.4 Å². The van der Waals surface area contributed by atoms with Crippen molar-refractivity contribution in [3.05, 3.63) is 81.9 Å². The van der Waals surface area contributed by atoms with Crippen LogP contribution in [0, 0.1) is 5.82 Å². The summed E-state index contributed by atoms with van der Waals surface area (Å²) in [6, 6.07) is 13.2. The van der Waals surface area contributed by atoms with Crippen molar-refractivity contribution in [1.82, 2.24) is 9.78 Å². The van der Waals surface area contributed by atoms with Gasteiger partial charge in [0.1, 0.15) is 5.82 Å². The van der Waals surface area contributed by atoms with Crippen LogP contribution in [0.4, 0.5) is 10.1 Å². The lowest BCUT2D eigenvalue weighted by molar-refractivity contribution is 0.0984. The molecule has 27 heavy (non-hydrogen) atoms. The lowest BCUT2D eigenvalue weighted by Crippen LogP contribution is -2.17. The molecule has 0 aliphatic carbocycles. The maximum Gasteiger partial charge on any atom is 0.276 e. The van der Waals surface area contributed by atoms with Crippen molar-refractivity contribution < 1.29 is 13.9 Å². The second-order valence-electron chi connectivity index (χ2n) is 6.33. The molecule has 2 heterocycles. The number of hydrogen-bond donors (Lipinski definition) is 1. The number of nitrogens with zero attached hydrogens (tertiary/aromatic N) is 2. The largest absolute Gasteiger partial charge is 0.376 e. The number of nitrogens with one attached hydrogen (secondary N) is 1. The molecule has 0 bridgehead atoms. The summed E-state index contributed by atoms with van der Waals surface area (Å²) in [5.74, 6) is -0.590. The van der Waals surface area contributed by atoms with Crippen LogP contribution in [0.15, 0.2) is 48.5 Å². The van der Waals surface area contributed by atoms with Crippen LogP contribution in [-0.4, -0.2) is 22.3 Å². The van der Waals surface area contributed by atoms with Crippen molar-refractivity contribution in [3.8, 4) is 0 Å². The molecule has 0 unspecified atom stereocenters. The Bertz CT molecular complexity index is 985. The number of benzene rings is 2. The van der Waals surface area contributed by atoms with Crippen LogP contribution in [0.2, 0.25) is 5.02 Å². The van der Waals surface area contributed by atoms with Crippen molar-refractivity contribution in [2.45, 2.75) is 19.6 Å². The standard InChI is InChI=1S/C20H17ClFN3O2/c21-14-2-1-3-16(10-14)23-20(26)19-17-12-27-9-8-18(17)25(24-19)11-13-4-6-15(22)7-5-13/h1-7,10H,8-9,11-12H2,(H,23,26). The van der Waals surface area contributed by atoms with Gasteiger partial charge in [-0.05, 0) is 35.9 Å². The molecule has 1 aliphatic heterocycles. The topological polar surface area (TPSA) is 56.2 Å². The normalized spacial score (nSPS) is 13.3. The van der Waals surface area contributed by atoms with E-state index in [1.165, 1.54) is 12.1 Å². The van der Waals surface area contributed by atoms with Crippen molar-refractivity contribution in [1.29, 1.82) is 0 Å². The van der Waals surface area contributed by atoms with E-state index in [0.717, 1.165) is 16.8 Å². The number of rotatable bonds is 4. The first-order chi connectivity index (χ1) is 13.1. The number of carbonyl (C=O) groups is 1. The molecule has 0 atom stereocenters. The highest BCUT2D eigenvalue weighted by Gasteiger charge is 2.25. The van der Waals surface area contributed by atoms with Gasteiger partial charge in [0.2, 0.25) is 0 Å². The number of fused-ring (bicyclic) bond motifs is 1. The summed E-state index contributed by atoms with van der Waals surface area (Å²) < 4.78 is 20.5. The Morgan fingerprint density at radius 1 is 1.26 bits per heavy atom. The highest BCUT2D eigenvalue weighted by molar-refractivity contribution is 6.30. The molecule has 1 aliphatic rings. The summed E-state index contributed by atoms with van der Waals surface area (Å²) >= 11 is 5.98. The van der Waals surface area contributed by atoms with E-state index in [1.54, 1.807) is 41.1 Å². The van der Waals surface area contributed by atoms with Gasteiger partial charge in [-0.1, -0.05) is 29.8 Å². The summed E-state index contributed by atoms with van der Waals surface area (Å²) in [6.45, 7) is 1.39. The molecule has 0 saturated carbocycles. The second-order valence-corrected chi connectivity index (χ2v) is 6.76. The summed E-state index contributed by atoms with van der Waals surface area (Å²) in [4.78, 5) is 12.8. The molecule has 4 rings (SSSR count). The predicted octanol–water partition coefficient (Wildman–Crippen LogP) is 4.05. The Morgan fingerprint density at radius 3 is 2.85 bits per heavy atom. The average Bonchev–Trinajstić information content (AvgIpc) is 3.02. The first-order valence-corrected chi connectivity index (χ1v) is 8.95. The van der Waals surface area contributed by atoms with Crippen LogP contribution in [0.25, 0.3) is 0 Å². The van der Waals surface area contributed by atoms with Crippen LogP contribution < -0.4 is 5.32 Å². The van der Waals surface area contributed by atoms with Gasteiger partial charge in [-0.3, -0.25) is 9.48 Å². The van der Waals surface area contributed by atoms with E-state index in [-0.39, 0.29) is 11.7 Å². The van der Waals surface area contributed by atoms with Crippen LogP contribution in [0.5, 0.6) is 0 Å². The van der Waals surface area contributed by atoms with E-state index in [9.17, 15) is 9.18 Å². The summed E-state index contributed by atoms with van der Waals surface area (Å²) in [6.07, 6.45) is 0.675. The maximum absolute atomic E-state index is 13.1. The van der Waals surface area contributed by atoms with E-state index in [2.05, 4.69) is 10.4 Å². The van der Waals surface area contributed by atoms with Crippen molar-refractivity contribution in [2.75, 3.05) is 11.9 Å². The zero-order valence-electron chi connectivity index (χ0n) is 14.4. The van der Waals surface area contributed by atoms with Crippen molar-refractivity contribution >= 4 is 23.2 Å². The fraction of sp³-hybridized carbons (Fsp3) is 0.200. The van der Waals surface area contributed by atoms with Gasteiger partial charge in [0.15, 0.2) is 5.69 Å². The minimum absolute atomic E-state index is 0.281. The monoisotopic (exact) mass is 385 g/mol. The second kappa shape index (κ2) is 7.50. The van der Waals surface area contributed by atoms with Crippen LogP contribution in [0.3, 0.4) is 0 Å². The molecule has 0 fully saturated rings. The third-order valence-electron chi connectivity index (χ3n) is 4.44. The van der Waals surface area contributed by atoms with E-state index < -0.39 is 0 Å². The Labute approximate surface area is 160 Å². The highest BCUT2D eigenvalue weighted by atomic mass is 35.5. The lowest BCUT2D eigenvalue weighted by atomic mass is 10.1. The fourth-order valence-electron chi connectivity index (χ4n) is 3.14. The summed E-state index contributed by atoms with van der Waals surface area (Å²) in [5, 5.41) is 7.90. The number of anilines is 1. The zero-order valence-corrected chi connectivity index (χ0v) is 15.2.